The maximum absolute atomic E-state index is 13.5. The molecule has 0 radical (unpaired) electrons. The summed E-state index contributed by atoms with van der Waals surface area (Å²) in [4.78, 5) is 37.8. The number of phosphoric acid groups is 1. The first-order valence-corrected chi connectivity index (χ1v) is 34.7. The van der Waals surface area contributed by atoms with Gasteiger partial charge in [-0.25, -0.2) is 4.57 Å². The van der Waals surface area contributed by atoms with Gasteiger partial charge in [0, 0.05) is 12.8 Å². The fourth-order valence-electron chi connectivity index (χ4n) is 9.11. The Kier molecular flexibility index (Phi) is 57.4. The molecular formula is C71H126N2O7P+. The minimum Gasteiger partial charge on any atom is -0.456 e. The zero-order valence-electron chi connectivity index (χ0n) is 53.2. The summed E-state index contributed by atoms with van der Waals surface area (Å²) in [5, 5.41) is 3.04. The molecule has 0 bridgehead atoms. The highest BCUT2D eigenvalue weighted by Crippen LogP contribution is 2.43. The summed E-state index contributed by atoms with van der Waals surface area (Å²) >= 11 is 0. The summed E-state index contributed by atoms with van der Waals surface area (Å²) in [6.45, 7) is 6.87. The second-order valence-corrected chi connectivity index (χ2v) is 24.7. The van der Waals surface area contributed by atoms with E-state index in [1.807, 2.05) is 33.3 Å². The molecule has 2 N–H and O–H groups in total. The SMILES string of the molecule is CC/C=C\C/C=C\C/C=C\C/C=C\C/C=C\C/C=C\CCCCCCCCCCC(=O)OC(/C=C\CCCCCCCCCCCC)C(COP(=O)(O)OCC[N+](C)(C)C)NC(=O)CCCCC/C=C/C=C/CCCCCCCCC. The Morgan fingerprint density at radius 1 is 0.457 bits per heavy atom. The molecule has 0 aromatic rings. The van der Waals surface area contributed by atoms with Crippen molar-refractivity contribution in [2.75, 3.05) is 40.9 Å². The van der Waals surface area contributed by atoms with Crippen LogP contribution < -0.4 is 5.32 Å². The molecule has 9 nitrogen and oxygen atoms in total. The van der Waals surface area contributed by atoms with Crippen LogP contribution in [0.4, 0.5) is 0 Å². The molecule has 0 aliphatic heterocycles. The normalized spacial score (nSPS) is 14.3. The predicted molar refractivity (Wildman–Crippen MR) is 350 cm³/mol. The zero-order chi connectivity index (χ0) is 59.3. The number of amides is 1. The zero-order valence-corrected chi connectivity index (χ0v) is 54.1. The van der Waals surface area contributed by atoms with Crippen LogP contribution in [0.3, 0.4) is 0 Å². The molecule has 0 fully saturated rings. The van der Waals surface area contributed by atoms with Crippen LogP contribution in [-0.2, 0) is 27.9 Å². The van der Waals surface area contributed by atoms with Crippen molar-refractivity contribution < 1.29 is 37.3 Å². The van der Waals surface area contributed by atoms with Crippen LogP contribution in [-0.4, -0.2) is 74.3 Å². The highest BCUT2D eigenvalue weighted by molar-refractivity contribution is 7.47. The fourth-order valence-corrected chi connectivity index (χ4v) is 9.85. The van der Waals surface area contributed by atoms with Crippen molar-refractivity contribution in [1.29, 1.82) is 0 Å². The van der Waals surface area contributed by atoms with Gasteiger partial charge in [-0.3, -0.25) is 18.6 Å². The molecular weight excluding hydrogens is 1020 g/mol. The number of nitrogens with zero attached hydrogens (tertiary/aromatic N) is 1. The number of ether oxygens (including phenoxy) is 1. The number of likely N-dealkylation sites (N-methyl/N-ethyl adjacent to an activating group) is 1. The second-order valence-electron chi connectivity index (χ2n) is 23.3. The van der Waals surface area contributed by atoms with E-state index in [0.29, 0.717) is 23.9 Å². The minimum atomic E-state index is -4.47. The molecule has 1 amide bonds. The number of esters is 1. The fraction of sp³-hybridized carbons (Fsp3) is 0.718. The number of quaternary nitrogens is 1. The number of allylic oxidation sites excluding steroid dienone is 17. The first kappa shape index (κ1) is 77.7. The van der Waals surface area contributed by atoms with Gasteiger partial charge in [-0.1, -0.05) is 265 Å². The van der Waals surface area contributed by atoms with Crippen LogP contribution >= 0.6 is 7.82 Å². The molecule has 3 atom stereocenters. The molecule has 0 aromatic heterocycles. The third-order valence-corrected chi connectivity index (χ3v) is 15.2. The molecule has 10 heteroatoms. The average molecular weight is 1150 g/mol. The maximum atomic E-state index is 13.5. The Hall–Kier alpha value is -3.33. The number of hydrogen-bond donors (Lipinski definition) is 2. The molecule has 81 heavy (non-hydrogen) atoms. The average Bonchev–Trinajstić information content (AvgIpc) is 3.44. The molecule has 466 valence electrons. The van der Waals surface area contributed by atoms with Crippen molar-refractivity contribution in [2.24, 2.45) is 0 Å². The molecule has 0 saturated heterocycles. The first-order valence-electron chi connectivity index (χ1n) is 33.2. The number of unbranched alkanes of at least 4 members (excludes halogenated alkanes) is 28. The molecule has 0 saturated carbocycles. The Bertz CT molecular complexity index is 1750. The van der Waals surface area contributed by atoms with E-state index in [1.165, 1.54) is 122 Å². The lowest BCUT2D eigenvalue weighted by Crippen LogP contribution is -2.47. The first-order chi connectivity index (χ1) is 39.4. The van der Waals surface area contributed by atoms with E-state index in [1.54, 1.807) is 0 Å². The Labute approximate surface area is 500 Å². The number of carbonyl (C=O) groups is 2. The summed E-state index contributed by atoms with van der Waals surface area (Å²) in [5.74, 6) is -0.548. The third kappa shape index (κ3) is 61.1. The van der Waals surface area contributed by atoms with Gasteiger partial charge in [-0.15, -0.1) is 0 Å². The van der Waals surface area contributed by atoms with Crippen molar-refractivity contribution >= 4 is 19.7 Å². The maximum Gasteiger partial charge on any atom is 0.472 e. The lowest BCUT2D eigenvalue weighted by atomic mass is 10.0. The van der Waals surface area contributed by atoms with E-state index in [0.717, 1.165) is 116 Å². The quantitative estimate of drug-likeness (QED) is 0.0156. The molecule has 3 unspecified atom stereocenters. The number of carbonyl (C=O) groups excluding carboxylic acids is 2. The van der Waals surface area contributed by atoms with E-state index in [9.17, 15) is 19.0 Å². The molecule has 0 aromatic carbocycles. The van der Waals surface area contributed by atoms with Gasteiger partial charge in [-0.05, 0) is 109 Å². The van der Waals surface area contributed by atoms with Crippen molar-refractivity contribution in [3.05, 3.63) is 109 Å². The van der Waals surface area contributed by atoms with Crippen LogP contribution in [0.1, 0.15) is 278 Å². The van der Waals surface area contributed by atoms with E-state index in [-0.39, 0.29) is 31.5 Å². The van der Waals surface area contributed by atoms with E-state index in [4.69, 9.17) is 13.8 Å². The summed E-state index contributed by atoms with van der Waals surface area (Å²) < 4.78 is 30.7. The van der Waals surface area contributed by atoms with Gasteiger partial charge in [0.15, 0.2) is 0 Å². The molecule has 0 aliphatic rings. The van der Waals surface area contributed by atoms with Crippen LogP contribution in [0.15, 0.2) is 109 Å². The van der Waals surface area contributed by atoms with Crippen LogP contribution in [0.25, 0.3) is 0 Å². The largest absolute Gasteiger partial charge is 0.472 e. The molecule has 0 rings (SSSR count). The number of nitrogens with one attached hydrogen (secondary N) is 1. The number of phosphoric ester groups is 1. The van der Waals surface area contributed by atoms with Gasteiger partial charge < -0.3 is 19.4 Å². The standard InChI is InChI=1S/C71H125N2O7P/c1-7-10-13-16-19-22-25-28-30-32-33-34-35-36-37-38-39-40-41-42-44-46-49-52-55-58-61-64-71(75)80-69(62-59-56-53-50-47-27-24-21-18-15-12-9-3)68(67-79-81(76,77)78-66-65-73(4,5)6)72-70(74)63-60-57-54-51-48-45-43-31-29-26-23-20-17-14-11-8-2/h10,13,19,22,28,30-31,33-34,36-37,39-40,43,45,48,59,62,68-69H,7-9,11-12,14-18,20-21,23-27,29,32,35,38,41-42,44,46-47,49-58,60-61,63-67H2,1-6H3,(H-,72,74,76,77)/p+1/b13-10-,22-19-,30-28-,34-33-,37-36-,40-39-,43-31+,48-45+,62-59-. The number of hydrogen-bond acceptors (Lipinski definition) is 6. The third-order valence-electron chi connectivity index (χ3n) is 14.2. The molecule has 0 spiro atoms. The van der Waals surface area contributed by atoms with Gasteiger partial charge in [0.05, 0.1) is 33.8 Å². The number of rotatable bonds is 59. The Balaban J connectivity index is 5.17. The predicted octanol–water partition coefficient (Wildman–Crippen LogP) is 20.9. The van der Waals surface area contributed by atoms with Crippen LogP contribution in [0, 0.1) is 0 Å². The van der Waals surface area contributed by atoms with E-state index < -0.39 is 20.0 Å². The van der Waals surface area contributed by atoms with Crippen molar-refractivity contribution in [3.8, 4) is 0 Å². The van der Waals surface area contributed by atoms with Gasteiger partial charge in [0.1, 0.15) is 19.3 Å². The summed E-state index contributed by atoms with van der Waals surface area (Å²) in [6.07, 6.45) is 82.4. The minimum absolute atomic E-state index is 0.0290. The van der Waals surface area contributed by atoms with Crippen LogP contribution in [0.5, 0.6) is 0 Å². The van der Waals surface area contributed by atoms with Gasteiger partial charge >= 0.3 is 13.8 Å². The highest BCUT2D eigenvalue weighted by Gasteiger charge is 2.30. The lowest BCUT2D eigenvalue weighted by Gasteiger charge is -2.27. The van der Waals surface area contributed by atoms with Gasteiger partial charge in [-0.2, -0.15) is 0 Å². The van der Waals surface area contributed by atoms with Crippen LogP contribution in [0.2, 0.25) is 0 Å². The van der Waals surface area contributed by atoms with Gasteiger partial charge in [0.25, 0.3) is 0 Å². The lowest BCUT2D eigenvalue weighted by molar-refractivity contribution is -0.870. The second kappa shape index (κ2) is 59.8. The smallest absolute Gasteiger partial charge is 0.456 e. The molecule has 0 heterocycles. The summed E-state index contributed by atoms with van der Waals surface area (Å²) in [6, 6.07) is -0.872. The Morgan fingerprint density at radius 3 is 1.27 bits per heavy atom. The van der Waals surface area contributed by atoms with E-state index >= 15 is 0 Å². The summed E-state index contributed by atoms with van der Waals surface area (Å²) in [5.41, 5.74) is 0. The topological polar surface area (TPSA) is 111 Å². The monoisotopic (exact) mass is 1150 g/mol. The summed E-state index contributed by atoms with van der Waals surface area (Å²) in [7, 11) is 1.46. The highest BCUT2D eigenvalue weighted by atomic mass is 31.2. The van der Waals surface area contributed by atoms with Crippen molar-refractivity contribution in [2.45, 2.75) is 290 Å². The Morgan fingerprint density at radius 2 is 0.827 bits per heavy atom. The van der Waals surface area contributed by atoms with Crippen molar-refractivity contribution in [1.82, 2.24) is 5.32 Å². The van der Waals surface area contributed by atoms with E-state index in [2.05, 4.69) is 123 Å². The van der Waals surface area contributed by atoms with Gasteiger partial charge in [0.2, 0.25) is 5.91 Å². The van der Waals surface area contributed by atoms with Crippen molar-refractivity contribution in [3.63, 3.8) is 0 Å². The molecule has 0 aliphatic carbocycles.